The fraction of sp³-hybridized carbons (Fsp3) is 0.265. The molecule has 0 bridgehead atoms. The Labute approximate surface area is 251 Å². The normalized spacial score (nSPS) is 13.7. The number of furan rings is 1. The first kappa shape index (κ1) is 29.6. The molecule has 2 N–H and O–H groups in total. The Hall–Kier alpha value is -4.89. The number of hydrogen-bond donors (Lipinski definition) is 2. The van der Waals surface area contributed by atoms with Crippen LogP contribution in [0.4, 0.5) is 10.5 Å². The zero-order valence-corrected chi connectivity index (χ0v) is 24.2. The number of rotatable bonds is 10. The van der Waals surface area contributed by atoms with Gasteiger partial charge in [0.15, 0.2) is 5.76 Å². The van der Waals surface area contributed by atoms with Gasteiger partial charge in [-0.3, -0.25) is 14.9 Å². The molecule has 3 amide bonds. The van der Waals surface area contributed by atoms with Gasteiger partial charge in [0.25, 0.3) is 11.8 Å². The van der Waals surface area contributed by atoms with Crippen molar-refractivity contribution >= 4 is 23.6 Å². The van der Waals surface area contributed by atoms with Crippen molar-refractivity contribution in [3.05, 3.63) is 114 Å². The number of anilines is 1. The van der Waals surface area contributed by atoms with E-state index in [4.69, 9.17) is 9.15 Å². The van der Waals surface area contributed by atoms with Gasteiger partial charge in [-0.15, -0.1) is 0 Å². The predicted molar refractivity (Wildman–Crippen MR) is 165 cm³/mol. The second-order valence-electron chi connectivity index (χ2n) is 10.6. The van der Waals surface area contributed by atoms with Crippen LogP contribution in [0, 0.1) is 0 Å². The number of likely N-dealkylation sites (N-methyl/N-ethyl adjacent to an activating group) is 1. The third-order valence-electron chi connectivity index (χ3n) is 7.55. The largest absolute Gasteiger partial charge is 0.459 e. The molecule has 0 aliphatic carbocycles. The Kier molecular flexibility index (Phi) is 9.86. The van der Waals surface area contributed by atoms with Gasteiger partial charge in [0.05, 0.1) is 12.0 Å². The molecule has 222 valence electrons. The van der Waals surface area contributed by atoms with E-state index in [0.29, 0.717) is 18.7 Å². The molecule has 1 fully saturated rings. The molecule has 4 aromatic rings. The minimum atomic E-state index is -0.446. The molecule has 1 saturated heterocycles. The maximum absolute atomic E-state index is 12.9. The molecule has 3 aromatic carbocycles. The first-order chi connectivity index (χ1) is 21.0. The summed E-state index contributed by atoms with van der Waals surface area (Å²) in [6.07, 6.45) is 2.34. The van der Waals surface area contributed by atoms with E-state index < -0.39 is 6.09 Å². The van der Waals surface area contributed by atoms with Gasteiger partial charge < -0.3 is 24.3 Å². The molecule has 0 spiro atoms. The van der Waals surface area contributed by atoms with Crippen LogP contribution in [0.2, 0.25) is 0 Å². The topological polar surface area (TPSA) is 104 Å². The molecule has 0 atom stereocenters. The second-order valence-corrected chi connectivity index (χ2v) is 10.6. The van der Waals surface area contributed by atoms with Gasteiger partial charge in [0.2, 0.25) is 0 Å². The summed E-state index contributed by atoms with van der Waals surface area (Å²) in [5.41, 5.74) is 4.17. The number of hydrogen-bond acceptors (Lipinski definition) is 6. The third kappa shape index (κ3) is 8.11. The highest BCUT2D eigenvalue weighted by Crippen LogP contribution is 2.28. The van der Waals surface area contributed by atoms with E-state index in [1.807, 2.05) is 66.7 Å². The maximum Gasteiger partial charge on any atom is 0.411 e. The highest BCUT2D eigenvalue weighted by atomic mass is 16.6. The summed E-state index contributed by atoms with van der Waals surface area (Å²) in [6.45, 7) is 3.24. The van der Waals surface area contributed by atoms with E-state index in [0.717, 1.165) is 54.9 Å². The monoisotopic (exact) mass is 580 g/mol. The molecule has 9 heteroatoms. The fourth-order valence-electron chi connectivity index (χ4n) is 5.06. The van der Waals surface area contributed by atoms with Crippen molar-refractivity contribution < 1.29 is 23.5 Å². The Morgan fingerprint density at radius 3 is 2.35 bits per heavy atom. The molecule has 5 rings (SSSR count). The quantitative estimate of drug-likeness (QED) is 0.251. The summed E-state index contributed by atoms with van der Waals surface area (Å²) < 4.78 is 10.8. The smallest absolute Gasteiger partial charge is 0.411 e. The number of carbonyl (C=O) groups excluding carboxylic acids is 3. The Balaban J connectivity index is 1.02. The van der Waals surface area contributed by atoms with Crippen LogP contribution >= 0.6 is 0 Å². The lowest BCUT2D eigenvalue weighted by molar-refractivity contribution is 0.0540. The first-order valence-corrected chi connectivity index (χ1v) is 14.5. The average Bonchev–Trinajstić information content (AvgIpc) is 3.59. The molecule has 43 heavy (non-hydrogen) atoms. The number of nitrogens with one attached hydrogen (secondary N) is 2. The highest BCUT2D eigenvalue weighted by molar-refractivity contribution is 5.94. The van der Waals surface area contributed by atoms with Crippen LogP contribution in [0.15, 0.2) is 102 Å². The Morgan fingerprint density at radius 1 is 0.907 bits per heavy atom. The van der Waals surface area contributed by atoms with Crippen LogP contribution in [-0.4, -0.2) is 67.0 Å². The lowest BCUT2D eigenvalue weighted by Gasteiger charge is -2.32. The first-order valence-electron chi connectivity index (χ1n) is 14.5. The van der Waals surface area contributed by atoms with Gasteiger partial charge in [-0.1, -0.05) is 60.7 Å². The van der Waals surface area contributed by atoms with Crippen molar-refractivity contribution in [3.8, 4) is 11.1 Å². The maximum atomic E-state index is 12.9. The zero-order valence-electron chi connectivity index (χ0n) is 24.2. The summed E-state index contributed by atoms with van der Waals surface area (Å²) in [7, 11) is 1.80. The minimum absolute atomic E-state index is 0.0585. The number of amides is 3. The van der Waals surface area contributed by atoms with Crippen molar-refractivity contribution in [1.29, 1.82) is 0 Å². The number of nitrogens with zero attached hydrogens (tertiary/aromatic N) is 2. The summed E-state index contributed by atoms with van der Waals surface area (Å²) in [5.74, 6) is -0.0819. The molecule has 2 heterocycles. The standard InChI is InChI=1S/C34H36N4O5/c1-37(33(40)27-15-13-25(14-16-27)24-35-32(39)31-12-7-23-42-31)21-22-38-19-17-28(18-20-38)43-34(41)36-30-11-6-5-10-29(30)26-8-3-2-4-9-26/h2-16,23,28H,17-22,24H2,1H3,(H,35,39)(H,36,41). The van der Waals surface area contributed by atoms with Crippen LogP contribution in [0.1, 0.15) is 39.3 Å². The van der Waals surface area contributed by atoms with Gasteiger partial charge in [-0.25, -0.2) is 4.79 Å². The summed E-state index contributed by atoms with van der Waals surface area (Å²) in [4.78, 5) is 41.7. The van der Waals surface area contributed by atoms with Crippen molar-refractivity contribution in [2.45, 2.75) is 25.5 Å². The van der Waals surface area contributed by atoms with Crippen LogP contribution < -0.4 is 10.6 Å². The van der Waals surface area contributed by atoms with E-state index in [-0.39, 0.29) is 23.7 Å². The highest BCUT2D eigenvalue weighted by Gasteiger charge is 2.23. The molecular formula is C34H36N4O5. The molecule has 0 radical (unpaired) electrons. The van der Waals surface area contributed by atoms with Crippen molar-refractivity contribution in [2.75, 3.05) is 38.5 Å². The molecule has 0 unspecified atom stereocenters. The number of carbonyl (C=O) groups is 3. The summed E-state index contributed by atoms with van der Waals surface area (Å²) in [5, 5.41) is 5.71. The average molecular weight is 581 g/mol. The number of likely N-dealkylation sites (tertiary alicyclic amines) is 1. The van der Waals surface area contributed by atoms with E-state index in [1.165, 1.54) is 6.26 Å². The SMILES string of the molecule is CN(CCN1CCC(OC(=O)Nc2ccccc2-c2ccccc2)CC1)C(=O)c1ccc(CNC(=O)c2ccco2)cc1. The van der Waals surface area contributed by atoms with Crippen LogP contribution in [0.3, 0.4) is 0 Å². The zero-order chi connectivity index (χ0) is 30.0. The van der Waals surface area contributed by atoms with E-state index >= 15 is 0 Å². The van der Waals surface area contributed by atoms with Crippen LogP contribution in [0.5, 0.6) is 0 Å². The summed E-state index contributed by atoms with van der Waals surface area (Å²) >= 11 is 0. The van der Waals surface area contributed by atoms with Gasteiger partial charge in [-0.2, -0.15) is 0 Å². The number of ether oxygens (including phenoxy) is 1. The van der Waals surface area contributed by atoms with Crippen LogP contribution in [0.25, 0.3) is 11.1 Å². The van der Waals surface area contributed by atoms with Gasteiger partial charge in [0.1, 0.15) is 6.10 Å². The Bertz CT molecular complexity index is 1500. The van der Waals surface area contributed by atoms with Gasteiger partial charge in [-0.05, 0) is 54.3 Å². The molecule has 1 aromatic heterocycles. The van der Waals surface area contributed by atoms with Gasteiger partial charge >= 0.3 is 6.09 Å². The predicted octanol–water partition coefficient (Wildman–Crippen LogP) is 5.66. The number of benzene rings is 3. The Morgan fingerprint density at radius 2 is 1.63 bits per heavy atom. The van der Waals surface area contributed by atoms with Crippen molar-refractivity contribution in [2.24, 2.45) is 0 Å². The van der Waals surface area contributed by atoms with E-state index in [9.17, 15) is 14.4 Å². The fourth-order valence-corrected chi connectivity index (χ4v) is 5.06. The second kappa shape index (κ2) is 14.3. The van der Waals surface area contributed by atoms with Crippen molar-refractivity contribution in [1.82, 2.24) is 15.1 Å². The van der Waals surface area contributed by atoms with Crippen LogP contribution in [-0.2, 0) is 11.3 Å². The molecule has 1 aliphatic rings. The number of piperidine rings is 1. The lowest BCUT2D eigenvalue weighted by Crippen LogP contribution is -2.42. The molecular weight excluding hydrogens is 544 g/mol. The van der Waals surface area contributed by atoms with E-state index in [2.05, 4.69) is 15.5 Å². The third-order valence-corrected chi connectivity index (χ3v) is 7.55. The number of para-hydroxylation sites is 1. The van der Waals surface area contributed by atoms with Gasteiger partial charge in [0, 0.05) is 50.9 Å². The molecule has 0 saturated carbocycles. The van der Waals surface area contributed by atoms with E-state index in [1.54, 1.807) is 36.2 Å². The van der Waals surface area contributed by atoms with Crippen molar-refractivity contribution in [3.63, 3.8) is 0 Å². The summed E-state index contributed by atoms with van der Waals surface area (Å²) in [6, 6.07) is 28.1. The minimum Gasteiger partial charge on any atom is -0.459 e. The molecule has 1 aliphatic heterocycles. The molecule has 9 nitrogen and oxygen atoms in total. The lowest BCUT2D eigenvalue weighted by atomic mass is 10.0.